The second kappa shape index (κ2) is 7.57. The summed E-state index contributed by atoms with van der Waals surface area (Å²) in [6.07, 6.45) is 3.05. The Bertz CT molecular complexity index is 865. The van der Waals surface area contributed by atoms with Crippen molar-refractivity contribution < 1.29 is 13.9 Å². The Morgan fingerprint density at radius 3 is 2.88 bits per heavy atom. The van der Waals surface area contributed by atoms with E-state index in [0.29, 0.717) is 6.54 Å². The Labute approximate surface area is 144 Å². The predicted octanol–water partition coefficient (Wildman–Crippen LogP) is 2.74. The minimum atomic E-state index is -0.553. The van der Waals surface area contributed by atoms with E-state index >= 15 is 0 Å². The summed E-state index contributed by atoms with van der Waals surface area (Å²) < 4.78 is 20.7. The highest BCUT2D eigenvalue weighted by Crippen LogP contribution is 2.22. The lowest BCUT2D eigenvalue weighted by molar-refractivity contribution is 0.0946. The number of aromatic nitrogens is 3. The van der Waals surface area contributed by atoms with E-state index in [-0.39, 0.29) is 17.9 Å². The zero-order valence-electron chi connectivity index (χ0n) is 13.6. The maximum atomic E-state index is 13.9. The number of halogens is 1. The fraction of sp³-hybridized carbons (Fsp3) is 0.167. The average Bonchev–Trinajstić information content (AvgIpc) is 3.16. The van der Waals surface area contributed by atoms with Crippen molar-refractivity contribution in [3.63, 3.8) is 0 Å². The van der Waals surface area contributed by atoms with E-state index in [2.05, 4.69) is 15.4 Å². The first kappa shape index (κ1) is 16.6. The molecule has 6 nitrogen and oxygen atoms in total. The van der Waals surface area contributed by atoms with Gasteiger partial charge in [0.25, 0.3) is 5.91 Å². The van der Waals surface area contributed by atoms with Crippen molar-refractivity contribution in [3.8, 4) is 11.4 Å². The molecule has 0 spiro atoms. The number of rotatable bonds is 6. The molecular formula is C18H17FN4O2. The topological polar surface area (TPSA) is 69.0 Å². The van der Waals surface area contributed by atoms with Gasteiger partial charge in [-0.25, -0.2) is 14.1 Å². The lowest BCUT2D eigenvalue weighted by atomic mass is 10.1. The highest BCUT2D eigenvalue weighted by Gasteiger charge is 2.16. The molecule has 0 aliphatic carbocycles. The number of hydrogen-bond acceptors (Lipinski definition) is 4. The van der Waals surface area contributed by atoms with Gasteiger partial charge in [-0.2, -0.15) is 5.10 Å². The van der Waals surface area contributed by atoms with Gasteiger partial charge in [0.05, 0.1) is 17.9 Å². The second-order valence-corrected chi connectivity index (χ2v) is 5.24. The minimum Gasteiger partial charge on any atom is -0.490 e. The molecular weight excluding hydrogens is 323 g/mol. The molecule has 2 aromatic carbocycles. The molecule has 1 amide bonds. The summed E-state index contributed by atoms with van der Waals surface area (Å²) in [6, 6.07) is 11.8. The van der Waals surface area contributed by atoms with E-state index in [4.69, 9.17) is 4.74 Å². The summed E-state index contributed by atoms with van der Waals surface area (Å²) in [4.78, 5) is 16.3. The van der Waals surface area contributed by atoms with E-state index in [1.54, 1.807) is 17.9 Å². The van der Waals surface area contributed by atoms with Crippen LogP contribution in [0.1, 0.15) is 22.8 Å². The first-order chi connectivity index (χ1) is 12.2. The number of para-hydroxylation sites is 1. The molecule has 0 saturated heterocycles. The molecule has 0 radical (unpaired) electrons. The number of nitrogens with zero attached hydrogens (tertiary/aromatic N) is 3. The third kappa shape index (κ3) is 3.82. The van der Waals surface area contributed by atoms with Gasteiger partial charge in [0.2, 0.25) is 0 Å². The van der Waals surface area contributed by atoms with Crippen LogP contribution < -0.4 is 10.1 Å². The Hall–Kier alpha value is -3.22. The zero-order valence-corrected chi connectivity index (χ0v) is 13.6. The fourth-order valence-electron chi connectivity index (χ4n) is 2.41. The number of ether oxygens (including phenoxy) is 1. The van der Waals surface area contributed by atoms with Crippen LogP contribution in [0.25, 0.3) is 5.69 Å². The van der Waals surface area contributed by atoms with Crippen molar-refractivity contribution >= 4 is 5.91 Å². The van der Waals surface area contributed by atoms with Gasteiger partial charge in [-0.05, 0) is 36.8 Å². The molecule has 0 bridgehead atoms. The van der Waals surface area contributed by atoms with Crippen LogP contribution >= 0.6 is 0 Å². The third-order valence-corrected chi connectivity index (χ3v) is 3.55. The summed E-state index contributed by atoms with van der Waals surface area (Å²) in [5.41, 5.74) is 1.90. The smallest absolute Gasteiger partial charge is 0.255 e. The van der Waals surface area contributed by atoms with Crippen LogP contribution in [0.2, 0.25) is 0 Å². The van der Waals surface area contributed by atoms with Gasteiger partial charge >= 0.3 is 0 Å². The van der Waals surface area contributed by atoms with Gasteiger partial charge in [0.15, 0.2) is 11.6 Å². The zero-order chi connectivity index (χ0) is 17.6. The summed E-state index contributed by atoms with van der Waals surface area (Å²) >= 11 is 0. The number of amides is 1. The molecule has 3 rings (SSSR count). The van der Waals surface area contributed by atoms with Gasteiger partial charge in [-0.3, -0.25) is 4.79 Å². The molecule has 0 aliphatic rings. The molecule has 25 heavy (non-hydrogen) atoms. The van der Waals surface area contributed by atoms with Crippen molar-refractivity contribution in [3.05, 3.63) is 72.1 Å². The number of carbonyl (C=O) groups excluding carboxylic acids is 1. The normalized spacial score (nSPS) is 10.5. The van der Waals surface area contributed by atoms with E-state index < -0.39 is 11.7 Å². The van der Waals surface area contributed by atoms with Gasteiger partial charge in [-0.1, -0.05) is 18.2 Å². The number of carbonyl (C=O) groups is 1. The largest absolute Gasteiger partial charge is 0.490 e. The lowest BCUT2D eigenvalue weighted by Crippen LogP contribution is -2.24. The van der Waals surface area contributed by atoms with E-state index in [9.17, 15) is 9.18 Å². The average molecular weight is 340 g/mol. The SMILES string of the molecule is CCOc1c(F)cccc1C(=O)NCc1cccc(-n2cncn2)c1. The Kier molecular flexibility index (Phi) is 5.03. The molecule has 0 unspecified atom stereocenters. The maximum Gasteiger partial charge on any atom is 0.255 e. The monoisotopic (exact) mass is 340 g/mol. The van der Waals surface area contributed by atoms with Crippen LogP contribution in [-0.2, 0) is 6.54 Å². The first-order valence-corrected chi connectivity index (χ1v) is 7.82. The highest BCUT2D eigenvalue weighted by atomic mass is 19.1. The number of benzene rings is 2. The quantitative estimate of drug-likeness (QED) is 0.749. The minimum absolute atomic E-state index is 0.0288. The third-order valence-electron chi connectivity index (χ3n) is 3.55. The standard InChI is InChI=1S/C18H17FN4O2/c1-2-25-17-15(7-4-8-16(17)19)18(24)21-10-13-5-3-6-14(9-13)23-12-20-11-22-23/h3-9,11-12H,2,10H2,1H3,(H,21,24). The van der Waals surface area contributed by atoms with Gasteiger partial charge < -0.3 is 10.1 Å². The summed E-state index contributed by atoms with van der Waals surface area (Å²) in [6.45, 7) is 2.31. The van der Waals surface area contributed by atoms with Crippen LogP contribution in [0, 0.1) is 5.82 Å². The highest BCUT2D eigenvalue weighted by molar-refractivity contribution is 5.96. The first-order valence-electron chi connectivity index (χ1n) is 7.82. The summed E-state index contributed by atoms with van der Waals surface area (Å²) in [7, 11) is 0. The molecule has 0 aliphatic heterocycles. The van der Waals surface area contributed by atoms with Crippen molar-refractivity contribution in [2.75, 3.05) is 6.61 Å². The van der Waals surface area contributed by atoms with Gasteiger partial charge in [0.1, 0.15) is 12.7 Å². The van der Waals surface area contributed by atoms with Gasteiger partial charge in [0, 0.05) is 6.54 Å². The molecule has 3 aromatic rings. The van der Waals surface area contributed by atoms with Crippen LogP contribution in [0.15, 0.2) is 55.1 Å². The van der Waals surface area contributed by atoms with Crippen molar-refractivity contribution in [1.29, 1.82) is 0 Å². The van der Waals surface area contributed by atoms with Crippen molar-refractivity contribution in [2.24, 2.45) is 0 Å². The lowest BCUT2D eigenvalue weighted by Gasteiger charge is -2.12. The Morgan fingerprint density at radius 1 is 1.28 bits per heavy atom. The molecule has 7 heteroatoms. The van der Waals surface area contributed by atoms with E-state index in [1.165, 1.54) is 24.5 Å². The fourth-order valence-corrected chi connectivity index (χ4v) is 2.41. The second-order valence-electron chi connectivity index (χ2n) is 5.24. The molecule has 0 saturated carbocycles. The molecule has 1 N–H and O–H groups in total. The van der Waals surface area contributed by atoms with Gasteiger partial charge in [-0.15, -0.1) is 0 Å². The molecule has 1 aromatic heterocycles. The maximum absolute atomic E-state index is 13.9. The van der Waals surface area contributed by atoms with Crippen LogP contribution in [0.3, 0.4) is 0 Å². The van der Waals surface area contributed by atoms with E-state index in [1.807, 2.05) is 24.3 Å². The van der Waals surface area contributed by atoms with Crippen LogP contribution in [0.5, 0.6) is 5.75 Å². The molecule has 1 heterocycles. The van der Waals surface area contributed by atoms with E-state index in [0.717, 1.165) is 11.3 Å². The number of nitrogens with one attached hydrogen (secondary N) is 1. The Morgan fingerprint density at radius 2 is 2.12 bits per heavy atom. The molecule has 0 atom stereocenters. The van der Waals surface area contributed by atoms with Crippen LogP contribution in [0.4, 0.5) is 4.39 Å². The summed E-state index contributed by atoms with van der Waals surface area (Å²) in [5, 5.41) is 6.86. The molecule has 0 fully saturated rings. The van der Waals surface area contributed by atoms with Crippen LogP contribution in [-0.4, -0.2) is 27.3 Å². The Balaban J connectivity index is 1.73. The predicted molar refractivity (Wildman–Crippen MR) is 90.1 cm³/mol. The van der Waals surface area contributed by atoms with Crippen molar-refractivity contribution in [2.45, 2.75) is 13.5 Å². The molecule has 128 valence electrons. The van der Waals surface area contributed by atoms with Crippen molar-refractivity contribution in [1.82, 2.24) is 20.1 Å². The summed E-state index contributed by atoms with van der Waals surface area (Å²) in [5.74, 6) is -0.976. The number of hydrogen-bond donors (Lipinski definition) is 1.